The van der Waals surface area contributed by atoms with Crippen molar-refractivity contribution in [2.45, 2.75) is 12.3 Å². The molecular formula is C15H19N3OS. The number of likely N-dealkylation sites (tertiary alicyclic amines) is 1. The molecule has 1 fully saturated rings. The third-order valence-corrected chi connectivity index (χ3v) is 5.02. The zero-order valence-electron chi connectivity index (χ0n) is 12.1. The third-order valence-electron chi connectivity index (χ3n) is 3.90. The van der Waals surface area contributed by atoms with E-state index in [2.05, 4.69) is 23.0 Å². The van der Waals surface area contributed by atoms with E-state index in [0.717, 1.165) is 34.6 Å². The molecule has 0 N–H and O–H groups in total. The number of carbonyl (C=O) groups is 1. The van der Waals surface area contributed by atoms with Crippen molar-refractivity contribution >= 4 is 27.5 Å². The average Bonchev–Trinajstić information content (AvgIpc) is 3.00. The topological polar surface area (TPSA) is 36.4 Å². The predicted molar refractivity (Wildman–Crippen MR) is 82.5 cm³/mol. The van der Waals surface area contributed by atoms with Gasteiger partial charge in [-0.2, -0.15) is 0 Å². The molecule has 0 bridgehead atoms. The van der Waals surface area contributed by atoms with Gasteiger partial charge in [0.2, 0.25) is 0 Å². The highest BCUT2D eigenvalue weighted by Gasteiger charge is 2.30. The number of nitrogens with zero attached hydrogens (tertiary/aromatic N) is 3. The van der Waals surface area contributed by atoms with Crippen molar-refractivity contribution in [3.8, 4) is 0 Å². The molecule has 1 aliphatic heterocycles. The van der Waals surface area contributed by atoms with Crippen molar-refractivity contribution in [2.24, 2.45) is 0 Å². The van der Waals surface area contributed by atoms with E-state index in [-0.39, 0.29) is 5.91 Å². The van der Waals surface area contributed by atoms with Gasteiger partial charge in [0.25, 0.3) is 5.91 Å². The summed E-state index contributed by atoms with van der Waals surface area (Å²) in [7, 11) is 5.76. The lowest BCUT2D eigenvalue weighted by atomic mass is 9.95. The molecule has 0 saturated carbocycles. The molecule has 0 spiro atoms. The number of amides is 1. The Bertz CT molecular complexity index is 650. The van der Waals surface area contributed by atoms with Crippen molar-refractivity contribution in [3.05, 3.63) is 28.8 Å². The van der Waals surface area contributed by atoms with Gasteiger partial charge in [-0.15, -0.1) is 11.3 Å². The lowest BCUT2D eigenvalue weighted by Crippen LogP contribution is -2.22. The van der Waals surface area contributed by atoms with Crippen molar-refractivity contribution in [1.29, 1.82) is 0 Å². The molecule has 4 nitrogen and oxygen atoms in total. The molecule has 0 aliphatic carbocycles. The average molecular weight is 289 g/mol. The summed E-state index contributed by atoms with van der Waals surface area (Å²) < 4.78 is 0. The molecule has 20 heavy (non-hydrogen) atoms. The third kappa shape index (κ3) is 2.21. The van der Waals surface area contributed by atoms with Crippen LogP contribution >= 0.6 is 11.3 Å². The SMILES string of the molecule is CN1CCC(c2c(C(=O)N(C)C)sc3ncccc23)C1. The molecule has 1 atom stereocenters. The van der Waals surface area contributed by atoms with Gasteiger partial charge in [-0.25, -0.2) is 4.98 Å². The van der Waals surface area contributed by atoms with Crippen LogP contribution in [0.2, 0.25) is 0 Å². The van der Waals surface area contributed by atoms with Crippen molar-refractivity contribution in [2.75, 3.05) is 34.2 Å². The predicted octanol–water partition coefficient (Wildman–Crippen LogP) is 2.42. The molecule has 106 valence electrons. The Labute approximate surface area is 123 Å². The van der Waals surface area contributed by atoms with Crippen LogP contribution in [0.4, 0.5) is 0 Å². The molecular weight excluding hydrogens is 270 g/mol. The molecule has 1 unspecified atom stereocenters. The second-order valence-corrected chi connectivity index (χ2v) is 6.65. The zero-order valence-corrected chi connectivity index (χ0v) is 12.9. The van der Waals surface area contributed by atoms with Crippen LogP contribution in [-0.4, -0.2) is 54.9 Å². The minimum atomic E-state index is 0.0950. The Morgan fingerprint density at radius 1 is 1.50 bits per heavy atom. The highest BCUT2D eigenvalue weighted by molar-refractivity contribution is 7.20. The van der Waals surface area contributed by atoms with Gasteiger partial charge in [-0.3, -0.25) is 4.79 Å². The van der Waals surface area contributed by atoms with Gasteiger partial charge in [-0.05, 0) is 31.6 Å². The normalized spacial score (nSPS) is 19.6. The Kier molecular flexibility index (Phi) is 3.48. The maximum absolute atomic E-state index is 12.5. The Morgan fingerprint density at radius 3 is 2.95 bits per heavy atom. The van der Waals surface area contributed by atoms with E-state index in [9.17, 15) is 4.79 Å². The second-order valence-electron chi connectivity index (χ2n) is 5.65. The van der Waals surface area contributed by atoms with E-state index >= 15 is 0 Å². The van der Waals surface area contributed by atoms with Crippen molar-refractivity contribution < 1.29 is 4.79 Å². The Balaban J connectivity index is 2.15. The monoisotopic (exact) mass is 289 g/mol. The van der Waals surface area contributed by atoms with E-state index in [0.29, 0.717) is 5.92 Å². The van der Waals surface area contributed by atoms with E-state index in [1.165, 1.54) is 16.9 Å². The first-order chi connectivity index (χ1) is 9.58. The van der Waals surface area contributed by atoms with Crippen LogP contribution in [0.25, 0.3) is 10.2 Å². The molecule has 3 rings (SSSR count). The first-order valence-electron chi connectivity index (χ1n) is 6.85. The molecule has 2 aromatic rings. The lowest BCUT2D eigenvalue weighted by molar-refractivity contribution is 0.0831. The highest BCUT2D eigenvalue weighted by atomic mass is 32.1. The number of hydrogen-bond donors (Lipinski definition) is 0. The summed E-state index contributed by atoms with van der Waals surface area (Å²) in [4.78, 5) is 22.7. The first-order valence-corrected chi connectivity index (χ1v) is 7.67. The van der Waals surface area contributed by atoms with E-state index < -0.39 is 0 Å². The van der Waals surface area contributed by atoms with Crippen LogP contribution in [-0.2, 0) is 0 Å². The zero-order chi connectivity index (χ0) is 14.3. The number of hydrogen-bond acceptors (Lipinski definition) is 4. The minimum absolute atomic E-state index is 0.0950. The van der Waals surface area contributed by atoms with Gasteiger partial charge in [0, 0.05) is 38.1 Å². The Morgan fingerprint density at radius 2 is 2.30 bits per heavy atom. The van der Waals surface area contributed by atoms with Crippen LogP contribution in [0.5, 0.6) is 0 Å². The largest absolute Gasteiger partial charge is 0.344 e. The summed E-state index contributed by atoms with van der Waals surface area (Å²) >= 11 is 1.53. The number of pyridine rings is 1. The molecule has 5 heteroatoms. The standard InChI is InChI=1S/C15H19N3OS/c1-17(2)15(19)13-12(10-6-8-18(3)9-10)11-5-4-7-16-14(11)20-13/h4-5,7,10H,6,8-9H2,1-3H3. The highest BCUT2D eigenvalue weighted by Crippen LogP contribution is 2.39. The molecule has 2 aromatic heterocycles. The molecule has 1 aliphatic rings. The van der Waals surface area contributed by atoms with Gasteiger partial charge in [0.05, 0.1) is 4.88 Å². The molecule has 1 saturated heterocycles. The van der Waals surface area contributed by atoms with Crippen LogP contribution in [0.3, 0.4) is 0 Å². The van der Waals surface area contributed by atoms with Crippen LogP contribution in [0.15, 0.2) is 18.3 Å². The van der Waals surface area contributed by atoms with Crippen LogP contribution in [0, 0.1) is 0 Å². The van der Waals surface area contributed by atoms with Gasteiger partial charge in [0.1, 0.15) is 4.83 Å². The molecule has 0 aromatic carbocycles. The van der Waals surface area contributed by atoms with Crippen molar-refractivity contribution in [1.82, 2.24) is 14.8 Å². The van der Waals surface area contributed by atoms with Gasteiger partial charge < -0.3 is 9.80 Å². The minimum Gasteiger partial charge on any atom is -0.344 e. The second kappa shape index (κ2) is 5.14. The number of rotatable bonds is 2. The van der Waals surface area contributed by atoms with Gasteiger partial charge >= 0.3 is 0 Å². The summed E-state index contributed by atoms with van der Waals surface area (Å²) in [6, 6.07) is 4.06. The summed E-state index contributed by atoms with van der Waals surface area (Å²) in [6.07, 6.45) is 2.91. The van der Waals surface area contributed by atoms with E-state index in [4.69, 9.17) is 0 Å². The Hall–Kier alpha value is -1.46. The fraction of sp³-hybridized carbons (Fsp3) is 0.467. The maximum atomic E-state index is 12.5. The van der Waals surface area contributed by atoms with E-state index in [1.54, 1.807) is 11.1 Å². The molecule has 3 heterocycles. The maximum Gasteiger partial charge on any atom is 0.263 e. The number of carbonyl (C=O) groups excluding carboxylic acids is 1. The fourth-order valence-corrected chi connectivity index (χ4v) is 4.14. The van der Waals surface area contributed by atoms with Crippen LogP contribution in [0.1, 0.15) is 27.6 Å². The van der Waals surface area contributed by atoms with Gasteiger partial charge in [-0.1, -0.05) is 6.07 Å². The first kappa shape index (κ1) is 13.5. The van der Waals surface area contributed by atoms with Crippen molar-refractivity contribution in [3.63, 3.8) is 0 Å². The number of likely N-dealkylation sites (N-methyl/N-ethyl adjacent to an activating group) is 1. The lowest BCUT2D eigenvalue weighted by Gasteiger charge is -2.15. The summed E-state index contributed by atoms with van der Waals surface area (Å²) in [5, 5.41) is 1.16. The van der Waals surface area contributed by atoms with Crippen LogP contribution < -0.4 is 0 Å². The number of thiophene rings is 1. The smallest absolute Gasteiger partial charge is 0.263 e. The summed E-state index contributed by atoms with van der Waals surface area (Å²) in [5.74, 6) is 0.536. The molecule has 1 amide bonds. The quantitative estimate of drug-likeness (QED) is 0.852. The summed E-state index contributed by atoms with van der Waals surface area (Å²) in [5.41, 5.74) is 1.21. The fourth-order valence-electron chi connectivity index (χ4n) is 2.89. The number of fused-ring (bicyclic) bond motifs is 1. The molecule has 0 radical (unpaired) electrons. The van der Waals surface area contributed by atoms with Gasteiger partial charge in [0.15, 0.2) is 0 Å². The number of aromatic nitrogens is 1. The van der Waals surface area contributed by atoms with E-state index in [1.807, 2.05) is 20.2 Å². The summed E-state index contributed by atoms with van der Waals surface area (Å²) in [6.45, 7) is 2.12.